The lowest BCUT2D eigenvalue weighted by Crippen LogP contribution is -2.45. The topological polar surface area (TPSA) is 81.1 Å². The van der Waals surface area contributed by atoms with E-state index in [1.165, 1.54) is 16.9 Å². The summed E-state index contributed by atoms with van der Waals surface area (Å²) in [5.74, 6) is 0.618. The maximum Gasteiger partial charge on any atom is 0.249 e. The molecule has 4 rings (SSSR count). The molecule has 2 atom stereocenters. The maximum absolute atomic E-state index is 13.3. The second kappa shape index (κ2) is 11.7. The van der Waals surface area contributed by atoms with E-state index in [4.69, 9.17) is 9.47 Å². The smallest absolute Gasteiger partial charge is 0.249 e. The average Bonchev–Trinajstić information content (AvgIpc) is 3.38. The fraction of sp³-hybridized carbons (Fsp3) is 0.414. The number of sulfonamides is 1. The molecule has 0 N–H and O–H groups in total. The number of aromatic nitrogens is 1. The molecule has 2 unspecified atom stereocenters. The quantitative estimate of drug-likeness (QED) is 0.362. The summed E-state index contributed by atoms with van der Waals surface area (Å²) in [6.07, 6.45) is 2.06. The Morgan fingerprint density at radius 2 is 1.76 bits per heavy atom. The summed E-state index contributed by atoms with van der Waals surface area (Å²) < 4.78 is 40.9. The number of methoxy groups -OCH3 is 1. The van der Waals surface area contributed by atoms with Crippen molar-refractivity contribution in [3.8, 4) is 5.75 Å². The van der Waals surface area contributed by atoms with Crippen molar-refractivity contribution in [3.05, 3.63) is 83.2 Å². The van der Waals surface area contributed by atoms with Crippen LogP contribution < -0.4 is 4.74 Å². The number of carbonyl (C=O) groups is 1. The van der Waals surface area contributed by atoms with Crippen molar-refractivity contribution < 1.29 is 22.7 Å². The van der Waals surface area contributed by atoms with Gasteiger partial charge in [-0.1, -0.05) is 37.3 Å². The first kappa shape index (κ1) is 27.9. The molecular formula is C29H37N3O5S. The first-order chi connectivity index (χ1) is 18.1. The first-order valence-electron chi connectivity index (χ1n) is 12.8. The fourth-order valence-electron chi connectivity index (χ4n) is 5.31. The monoisotopic (exact) mass is 539 g/mol. The number of nitrogens with zero attached hydrogens (tertiary/aromatic N) is 3. The Kier molecular flexibility index (Phi) is 8.60. The molecule has 1 aromatic heterocycles. The minimum absolute atomic E-state index is 0.0985. The predicted octanol–water partition coefficient (Wildman–Crippen LogP) is 4.14. The molecule has 3 aromatic rings. The normalized spacial score (nSPS) is 16.4. The highest BCUT2D eigenvalue weighted by Gasteiger charge is 2.35. The summed E-state index contributed by atoms with van der Waals surface area (Å²) in [6, 6.07) is 17.6. The second-order valence-electron chi connectivity index (χ2n) is 9.83. The Morgan fingerprint density at radius 3 is 2.42 bits per heavy atom. The molecule has 9 heteroatoms. The Labute approximate surface area is 225 Å². The molecule has 8 nitrogen and oxygen atoms in total. The summed E-state index contributed by atoms with van der Waals surface area (Å²) in [5, 5.41) is 0. The van der Waals surface area contributed by atoms with E-state index in [-0.39, 0.29) is 42.5 Å². The van der Waals surface area contributed by atoms with Crippen molar-refractivity contribution >= 4 is 15.9 Å². The third-order valence-electron chi connectivity index (χ3n) is 7.32. The van der Waals surface area contributed by atoms with E-state index in [0.29, 0.717) is 23.4 Å². The molecule has 0 radical (unpaired) electrons. The molecule has 204 valence electrons. The van der Waals surface area contributed by atoms with Gasteiger partial charge in [0.05, 0.1) is 24.7 Å². The van der Waals surface area contributed by atoms with Crippen molar-refractivity contribution in [2.24, 2.45) is 0 Å². The minimum Gasteiger partial charge on any atom is -0.497 e. The number of rotatable bonds is 10. The van der Waals surface area contributed by atoms with Gasteiger partial charge < -0.3 is 18.9 Å². The zero-order chi connectivity index (χ0) is 27.4. The molecular weight excluding hydrogens is 502 g/mol. The summed E-state index contributed by atoms with van der Waals surface area (Å²) in [4.78, 5) is 15.5. The molecule has 0 spiro atoms. The van der Waals surface area contributed by atoms with Gasteiger partial charge in [0.15, 0.2) is 0 Å². The van der Waals surface area contributed by atoms with Crippen LogP contribution in [0.5, 0.6) is 5.75 Å². The molecule has 0 fully saturated rings. The number of aryl methyl sites for hydroxylation is 2. The highest BCUT2D eigenvalue weighted by Crippen LogP contribution is 2.38. The van der Waals surface area contributed by atoms with Crippen LogP contribution >= 0.6 is 0 Å². The lowest BCUT2D eigenvalue weighted by atomic mass is 9.89. The lowest BCUT2D eigenvalue weighted by Gasteiger charge is -2.40. The number of ether oxygens (including phenoxy) is 2. The number of benzene rings is 2. The Hall–Kier alpha value is -3.14. The summed E-state index contributed by atoms with van der Waals surface area (Å²) >= 11 is 0. The van der Waals surface area contributed by atoms with Gasteiger partial charge in [-0.3, -0.25) is 4.79 Å². The van der Waals surface area contributed by atoms with Gasteiger partial charge in [0.2, 0.25) is 15.9 Å². The standard InChI is InChI=1S/C29H37N3O5S/c1-21-18-25(36-5)19-22(2)29(21)38(34,35)30(4)16-17-37-20-27(33)32-15-14-31-13-9-12-26(31)28(32)23(3)24-10-7-6-8-11-24/h6-13,18-19,23,28H,14-17,20H2,1-5H3. The van der Waals surface area contributed by atoms with Crippen LogP contribution in [0.4, 0.5) is 0 Å². The number of hydrogen-bond donors (Lipinski definition) is 0. The van der Waals surface area contributed by atoms with Gasteiger partial charge in [0.25, 0.3) is 0 Å². The van der Waals surface area contributed by atoms with Gasteiger partial charge in [0.1, 0.15) is 12.4 Å². The zero-order valence-corrected chi connectivity index (χ0v) is 23.6. The van der Waals surface area contributed by atoms with Crippen LogP contribution in [-0.4, -0.2) is 68.6 Å². The van der Waals surface area contributed by atoms with Crippen LogP contribution in [-0.2, 0) is 26.1 Å². The minimum atomic E-state index is -3.72. The van der Waals surface area contributed by atoms with E-state index in [9.17, 15) is 13.2 Å². The van der Waals surface area contributed by atoms with Crippen LogP contribution in [0.25, 0.3) is 0 Å². The van der Waals surface area contributed by atoms with E-state index in [1.54, 1.807) is 33.1 Å². The largest absolute Gasteiger partial charge is 0.497 e. The van der Waals surface area contributed by atoms with Gasteiger partial charge >= 0.3 is 0 Å². The van der Waals surface area contributed by atoms with E-state index >= 15 is 0 Å². The number of hydrogen-bond acceptors (Lipinski definition) is 5. The van der Waals surface area contributed by atoms with Crippen molar-refractivity contribution in [1.29, 1.82) is 0 Å². The number of amides is 1. The van der Waals surface area contributed by atoms with Gasteiger partial charge in [0, 0.05) is 44.5 Å². The average molecular weight is 540 g/mol. The predicted molar refractivity (Wildman–Crippen MR) is 147 cm³/mol. The zero-order valence-electron chi connectivity index (χ0n) is 22.8. The van der Waals surface area contributed by atoms with Crippen LogP contribution in [0.15, 0.2) is 65.7 Å². The van der Waals surface area contributed by atoms with Crippen LogP contribution in [0.1, 0.15) is 41.3 Å². The third kappa shape index (κ3) is 5.65. The van der Waals surface area contributed by atoms with Crippen molar-refractivity contribution in [1.82, 2.24) is 13.8 Å². The maximum atomic E-state index is 13.3. The fourth-order valence-corrected chi connectivity index (χ4v) is 6.86. The van der Waals surface area contributed by atoms with Crippen molar-refractivity contribution in [2.45, 2.75) is 44.2 Å². The molecule has 0 bridgehead atoms. The van der Waals surface area contributed by atoms with Gasteiger partial charge in [-0.05, 0) is 54.8 Å². The molecule has 1 aliphatic rings. The Balaban J connectivity index is 1.39. The molecule has 38 heavy (non-hydrogen) atoms. The molecule has 0 saturated heterocycles. The number of likely N-dealkylation sites (N-methyl/N-ethyl adjacent to an activating group) is 1. The first-order valence-corrected chi connectivity index (χ1v) is 14.3. The summed E-state index contributed by atoms with van der Waals surface area (Å²) in [6.45, 7) is 7.12. The Bertz CT molecular complexity index is 1350. The molecule has 0 aliphatic carbocycles. The molecule has 1 amide bonds. The van der Waals surface area contributed by atoms with Crippen LogP contribution in [0.2, 0.25) is 0 Å². The SMILES string of the molecule is COc1cc(C)c(S(=O)(=O)N(C)CCOCC(=O)N2CCn3cccc3C2C(C)c2ccccc2)c(C)c1. The summed E-state index contributed by atoms with van der Waals surface area (Å²) in [5.41, 5.74) is 3.52. The van der Waals surface area contributed by atoms with E-state index in [1.807, 2.05) is 29.2 Å². The van der Waals surface area contributed by atoms with Crippen molar-refractivity contribution in [2.75, 3.05) is 40.5 Å². The summed E-state index contributed by atoms with van der Waals surface area (Å²) in [7, 11) is -0.642. The lowest BCUT2D eigenvalue weighted by molar-refractivity contribution is -0.140. The number of fused-ring (bicyclic) bond motifs is 1. The van der Waals surface area contributed by atoms with Gasteiger partial charge in [-0.25, -0.2) is 8.42 Å². The molecule has 1 aliphatic heterocycles. The Morgan fingerprint density at radius 1 is 1.08 bits per heavy atom. The molecule has 2 heterocycles. The highest BCUT2D eigenvalue weighted by molar-refractivity contribution is 7.89. The highest BCUT2D eigenvalue weighted by atomic mass is 32.2. The van der Waals surface area contributed by atoms with E-state index < -0.39 is 10.0 Å². The van der Waals surface area contributed by atoms with Crippen LogP contribution in [0, 0.1) is 13.8 Å². The van der Waals surface area contributed by atoms with E-state index in [2.05, 4.69) is 35.9 Å². The van der Waals surface area contributed by atoms with Gasteiger partial charge in [-0.15, -0.1) is 0 Å². The molecule has 0 saturated carbocycles. The third-order valence-corrected chi connectivity index (χ3v) is 9.48. The van der Waals surface area contributed by atoms with E-state index in [0.717, 1.165) is 12.2 Å². The second-order valence-corrected chi connectivity index (χ2v) is 11.8. The van der Waals surface area contributed by atoms with Crippen molar-refractivity contribution in [3.63, 3.8) is 0 Å². The van der Waals surface area contributed by atoms with Gasteiger partial charge in [-0.2, -0.15) is 4.31 Å². The van der Waals surface area contributed by atoms with Crippen LogP contribution in [0.3, 0.4) is 0 Å². The number of carbonyl (C=O) groups excluding carboxylic acids is 1. The molecule has 2 aromatic carbocycles.